The highest BCUT2D eigenvalue weighted by Gasteiger charge is 2.48. The van der Waals surface area contributed by atoms with E-state index in [2.05, 4.69) is 42.0 Å². The molecule has 0 spiro atoms. The van der Waals surface area contributed by atoms with Gasteiger partial charge in [-0.25, -0.2) is 0 Å². The van der Waals surface area contributed by atoms with E-state index in [1.807, 2.05) is 0 Å². The number of nitrogens with two attached hydrogens (primary N) is 1. The maximum Gasteiger partial charge on any atom is 0.248 e. The monoisotopic (exact) mass is 1060 g/mol. The topological polar surface area (TPSA) is 399 Å². The van der Waals surface area contributed by atoms with Crippen LogP contribution >= 0.6 is 0 Å². The molecule has 3 heterocycles. The first kappa shape index (κ1) is 62.2. The number of primary amides is 1. The zero-order valence-corrected chi connectivity index (χ0v) is 43.3. The Bertz CT molecular complexity index is 2100. The minimum atomic E-state index is -2.25. The summed E-state index contributed by atoms with van der Waals surface area (Å²) in [4.78, 5) is 113. The summed E-state index contributed by atoms with van der Waals surface area (Å²) in [7, 11) is 0. The third-order valence-electron chi connectivity index (χ3n) is 14.6. The van der Waals surface area contributed by atoms with Crippen LogP contribution < -0.4 is 27.0 Å². The van der Waals surface area contributed by atoms with E-state index in [4.69, 9.17) is 5.73 Å². The van der Waals surface area contributed by atoms with Crippen molar-refractivity contribution in [3.05, 3.63) is 29.8 Å². The first-order chi connectivity index (χ1) is 35.3. The molecule has 0 aromatic heterocycles. The van der Waals surface area contributed by atoms with Gasteiger partial charge in [-0.05, 0) is 49.3 Å². The van der Waals surface area contributed by atoms with E-state index in [-0.39, 0.29) is 17.7 Å². The summed E-state index contributed by atoms with van der Waals surface area (Å²) in [6.45, 7) is 6.65. The zero-order valence-electron chi connectivity index (χ0n) is 43.3. The predicted molar refractivity (Wildman–Crippen MR) is 267 cm³/mol. The average molecular weight is 1060 g/mol. The molecular weight excluding hydrogens is 983 g/mol. The van der Waals surface area contributed by atoms with Gasteiger partial charge in [-0.1, -0.05) is 77.8 Å². The van der Waals surface area contributed by atoms with Gasteiger partial charge in [0.15, 0.2) is 12.0 Å². The van der Waals surface area contributed by atoms with Crippen molar-refractivity contribution in [2.45, 2.75) is 203 Å². The second-order valence-electron chi connectivity index (χ2n) is 20.9. The Balaban J connectivity index is 1.69. The van der Waals surface area contributed by atoms with Crippen LogP contribution in [-0.2, 0) is 38.4 Å². The van der Waals surface area contributed by atoms with Crippen molar-refractivity contribution in [3.8, 4) is 5.75 Å². The van der Waals surface area contributed by atoms with Crippen LogP contribution in [0.15, 0.2) is 24.3 Å². The molecule has 3 aliphatic rings. The Morgan fingerprint density at radius 2 is 1.28 bits per heavy atom. The summed E-state index contributed by atoms with van der Waals surface area (Å²) in [5.41, 5.74) is 5.26. The maximum atomic E-state index is 14.4. The maximum absolute atomic E-state index is 14.4. The van der Waals surface area contributed by atoms with Crippen LogP contribution in [0.1, 0.15) is 136 Å². The smallest absolute Gasteiger partial charge is 0.248 e. The Labute approximate surface area is 436 Å². The summed E-state index contributed by atoms with van der Waals surface area (Å²) < 4.78 is 0. The number of phenols is 1. The number of ketones is 1. The molecule has 3 saturated heterocycles. The molecule has 3 fully saturated rings. The largest absolute Gasteiger partial charge is 0.508 e. The van der Waals surface area contributed by atoms with Gasteiger partial charge >= 0.3 is 0 Å². The second kappa shape index (κ2) is 29.3. The van der Waals surface area contributed by atoms with Gasteiger partial charge in [-0.15, -0.1) is 0 Å². The van der Waals surface area contributed by atoms with Crippen LogP contribution in [0.4, 0.5) is 0 Å². The number of aliphatic hydroxyl groups excluding tert-OH is 8. The molecule has 16 atom stereocenters. The minimum Gasteiger partial charge on any atom is -0.508 e. The first-order valence-electron chi connectivity index (χ1n) is 26.2. The van der Waals surface area contributed by atoms with E-state index >= 15 is 0 Å². The van der Waals surface area contributed by atoms with Crippen molar-refractivity contribution in [1.29, 1.82) is 0 Å². The number of rotatable bonds is 20. The van der Waals surface area contributed by atoms with Crippen LogP contribution in [0.5, 0.6) is 5.75 Å². The molecule has 0 unspecified atom stereocenters. The Morgan fingerprint density at radius 3 is 1.88 bits per heavy atom. The summed E-state index contributed by atoms with van der Waals surface area (Å²) in [6, 6.07) is -4.51. The number of amides is 7. The van der Waals surface area contributed by atoms with E-state index in [0.29, 0.717) is 29.6 Å². The molecule has 1 aromatic rings. The van der Waals surface area contributed by atoms with Crippen LogP contribution in [0.25, 0.3) is 0 Å². The molecule has 0 radical (unpaired) electrons. The van der Waals surface area contributed by atoms with Crippen molar-refractivity contribution in [1.82, 2.24) is 31.1 Å². The molecule has 15 N–H and O–H groups in total. The fourth-order valence-corrected chi connectivity index (χ4v) is 10.0. The number of carbonyl (C=O) groups is 8. The fourth-order valence-electron chi connectivity index (χ4n) is 10.0. The molecule has 0 bridgehead atoms. The standard InChI is InChI=1S/C51H81N7O17/c1-5-26(2)18-27(3)12-10-8-6-7-9-11-13-41(67)53-34-22-39(65)49(73)56-48(72)36-20-32(62)25-58(36)51(75)43(38(64)23-40(52)66)55-46(70)33(45(69)44(68)29-14-16-30(60)17-15-29)21-37(63)35-19-31(61)24-57(35)50(74)42(28(4)59)54-47(34)71/h14-17,26-28,31-36,38-39,42-45,49,59-62,64-65,68-69,73H,5-13,18-25H2,1-4H3,(H2,52,66)(H,53,67)(H,54,71)(H,55,70)(H,56,72)/t26-,27+,28+,31+,32+,33-,34-,35-,36-,38+,39+,42-,43-,44-,45-,49+/m0/s1. The first-order valence-corrected chi connectivity index (χ1v) is 26.2. The van der Waals surface area contributed by atoms with E-state index in [1.54, 1.807) is 0 Å². The summed E-state index contributed by atoms with van der Waals surface area (Å²) in [5.74, 6) is -10.1. The fraction of sp³-hybridized carbons (Fsp3) is 0.725. The van der Waals surface area contributed by atoms with Crippen molar-refractivity contribution < 1.29 is 84.3 Å². The number of unbranched alkanes of at least 4 members (excludes halogenated alkanes) is 5. The Morgan fingerprint density at radius 1 is 0.720 bits per heavy atom. The van der Waals surface area contributed by atoms with Crippen molar-refractivity contribution in [2.24, 2.45) is 23.5 Å². The quantitative estimate of drug-likeness (QED) is 0.0614. The molecule has 1 aromatic carbocycles. The number of hydrogen-bond donors (Lipinski definition) is 14. The molecule has 422 valence electrons. The number of carbonyl (C=O) groups excluding carboxylic acids is 8. The summed E-state index contributed by atoms with van der Waals surface area (Å²) in [5, 5.41) is 108. The molecule has 0 aliphatic carbocycles. The van der Waals surface area contributed by atoms with Gasteiger partial charge in [-0.2, -0.15) is 0 Å². The lowest BCUT2D eigenvalue weighted by atomic mass is 9.86. The minimum absolute atomic E-state index is 0.0681. The summed E-state index contributed by atoms with van der Waals surface area (Å²) in [6.07, 6.45) is -10.7. The molecule has 3 aliphatic heterocycles. The van der Waals surface area contributed by atoms with E-state index in [0.717, 1.165) is 62.5 Å². The van der Waals surface area contributed by atoms with Crippen molar-refractivity contribution >= 4 is 47.1 Å². The van der Waals surface area contributed by atoms with E-state index in [9.17, 15) is 84.3 Å². The number of hydrogen-bond acceptors (Lipinski definition) is 17. The number of aliphatic hydroxyl groups is 8. The molecule has 24 heteroatoms. The third-order valence-corrected chi connectivity index (χ3v) is 14.6. The van der Waals surface area contributed by atoms with Gasteiger partial charge in [-0.3, -0.25) is 38.4 Å². The lowest BCUT2D eigenvalue weighted by Gasteiger charge is -2.33. The highest BCUT2D eigenvalue weighted by molar-refractivity contribution is 5.98. The number of nitrogens with zero attached hydrogens (tertiary/aromatic N) is 2. The normalized spacial score (nSPS) is 29.1. The van der Waals surface area contributed by atoms with Gasteiger partial charge in [0, 0.05) is 45.2 Å². The van der Waals surface area contributed by atoms with Crippen molar-refractivity contribution in [2.75, 3.05) is 13.1 Å². The van der Waals surface area contributed by atoms with E-state index < -0.39 is 177 Å². The summed E-state index contributed by atoms with van der Waals surface area (Å²) >= 11 is 0. The van der Waals surface area contributed by atoms with Crippen LogP contribution in [0, 0.1) is 17.8 Å². The Hall–Kier alpha value is -5.34. The van der Waals surface area contributed by atoms with Gasteiger partial charge in [0.2, 0.25) is 41.4 Å². The number of fused-ring (bicyclic) bond motifs is 2. The number of phenolic OH excluding ortho intramolecular Hbond substituents is 1. The third kappa shape index (κ3) is 18.1. The number of aromatic hydroxyl groups is 1. The van der Waals surface area contributed by atoms with Crippen LogP contribution in [0.3, 0.4) is 0 Å². The van der Waals surface area contributed by atoms with Gasteiger partial charge in [0.05, 0.1) is 48.9 Å². The van der Waals surface area contributed by atoms with Crippen LogP contribution in [0.2, 0.25) is 0 Å². The lowest BCUT2D eigenvalue weighted by molar-refractivity contribution is -0.149. The molecule has 7 amide bonds. The zero-order chi connectivity index (χ0) is 55.8. The number of Topliss-reactive ketones (excluding diaryl/α,β-unsaturated/α-hetero) is 1. The number of nitrogens with one attached hydrogen (secondary N) is 4. The van der Waals surface area contributed by atoms with Gasteiger partial charge < -0.3 is 82.8 Å². The van der Waals surface area contributed by atoms with E-state index in [1.165, 1.54) is 18.6 Å². The number of benzene rings is 1. The lowest BCUT2D eigenvalue weighted by Crippen LogP contribution is -2.60. The highest BCUT2D eigenvalue weighted by atomic mass is 16.3. The molecule has 24 nitrogen and oxygen atoms in total. The molecule has 0 saturated carbocycles. The molecule has 75 heavy (non-hydrogen) atoms. The highest BCUT2D eigenvalue weighted by Crippen LogP contribution is 2.30. The molecular formula is C51H81N7O17. The van der Waals surface area contributed by atoms with Crippen molar-refractivity contribution in [3.63, 3.8) is 0 Å². The van der Waals surface area contributed by atoms with Gasteiger partial charge in [0.25, 0.3) is 0 Å². The predicted octanol–water partition coefficient (Wildman–Crippen LogP) is -2.25. The molecule has 4 rings (SSSR count). The van der Waals surface area contributed by atoms with Crippen LogP contribution in [-0.4, -0.2) is 189 Å². The van der Waals surface area contributed by atoms with Gasteiger partial charge in [0.1, 0.15) is 42.1 Å². The Kier molecular flexibility index (Phi) is 24.3. The SMILES string of the molecule is CC[C@H](C)C[C@H](C)CCCCCCCCC(=O)N[C@H]1C[C@@H](O)[C@@H](O)NC(=O)[C@@H]2C[C@@H](O)CN2C(=O)[C@H]([C@H](O)CC(N)=O)NC(=O)[C@H]([C@H](O)[C@@H](O)c2ccc(O)cc2)CC(=O)[C@@H]2C[C@@H](O)CN2C(=O)[C@H]([C@@H](C)O)NC1=O. The second-order valence-corrected chi connectivity index (χ2v) is 20.9. The average Bonchev–Trinajstić information content (AvgIpc) is 3.95.